The Morgan fingerprint density at radius 3 is 2.70 bits per heavy atom. The van der Waals surface area contributed by atoms with E-state index in [0.29, 0.717) is 11.6 Å². The molecular weight excluding hydrogens is 386 g/mol. The van der Waals surface area contributed by atoms with Crippen LogP contribution >= 0.6 is 22.9 Å². The molecule has 0 bridgehead atoms. The van der Waals surface area contributed by atoms with Gasteiger partial charge in [0.15, 0.2) is 0 Å². The average Bonchev–Trinajstić information content (AvgIpc) is 3.20. The summed E-state index contributed by atoms with van der Waals surface area (Å²) in [6.07, 6.45) is 7.43. The van der Waals surface area contributed by atoms with Gasteiger partial charge in [0.2, 0.25) is 0 Å². The monoisotopic (exact) mass is 400 g/mol. The molecule has 4 rings (SSSR count). The molecule has 0 amide bonds. The number of aromatic nitrogens is 1. The van der Waals surface area contributed by atoms with E-state index in [1.807, 2.05) is 46.8 Å². The van der Waals surface area contributed by atoms with Crippen molar-refractivity contribution in [3.63, 3.8) is 0 Å². The lowest BCUT2D eigenvalue weighted by Gasteiger charge is -2.26. The predicted molar refractivity (Wildman–Crippen MR) is 106 cm³/mol. The van der Waals surface area contributed by atoms with Gasteiger partial charge in [-0.2, -0.15) is 0 Å². The van der Waals surface area contributed by atoms with Gasteiger partial charge in [-0.25, -0.2) is 13.8 Å². The van der Waals surface area contributed by atoms with E-state index >= 15 is 0 Å². The molecule has 0 radical (unpaired) electrons. The molecular formula is C21H15ClF2N2S. The van der Waals surface area contributed by atoms with Crippen LogP contribution < -0.4 is 0 Å². The highest BCUT2D eigenvalue weighted by Gasteiger charge is 2.17. The quantitative estimate of drug-likeness (QED) is 0.521. The fourth-order valence-corrected chi connectivity index (χ4v) is 3.92. The first-order valence-corrected chi connectivity index (χ1v) is 9.61. The fraction of sp³-hybridized carbons (Fsp3) is 0.0952. The largest absolute Gasteiger partial charge is 0.369 e. The molecule has 0 spiro atoms. The molecule has 0 saturated heterocycles. The second kappa shape index (κ2) is 7.62. The summed E-state index contributed by atoms with van der Waals surface area (Å²) < 4.78 is 27.9. The number of nitrogens with zero attached hydrogens (tertiary/aromatic N) is 2. The summed E-state index contributed by atoms with van der Waals surface area (Å²) in [5.74, 6) is -1.08. The molecule has 0 unspecified atom stereocenters. The molecule has 2 heterocycles. The number of allylic oxidation sites excluding steroid dienone is 2. The lowest BCUT2D eigenvalue weighted by molar-refractivity contribution is 0.389. The summed E-state index contributed by atoms with van der Waals surface area (Å²) in [5.41, 5.74) is 2.93. The minimum absolute atomic E-state index is 0.0611. The van der Waals surface area contributed by atoms with Gasteiger partial charge in [-0.15, -0.1) is 11.3 Å². The summed E-state index contributed by atoms with van der Waals surface area (Å²) in [6.45, 7) is 0.654. The highest BCUT2D eigenvalue weighted by atomic mass is 35.5. The summed E-state index contributed by atoms with van der Waals surface area (Å²) in [4.78, 5) is 6.21. The maximum atomic E-state index is 14.0. The zero-order chi connectivity index (χ0) is 18.8. The van der Waals surface area contributed by atoms with Crippen LogP contribution in [0.3, 0.4) is 0 Å². The number of hydrogen-bond acceptors (Lipinski definition) is 3. The molecule has 0 saturated carbocycles. The number of halogens is 3. The SMILES string of the molecule is Fc1cccc(F)c1CN1C=CC=C(c2cc(-c3nccs3)ccc2Cl)C1. The topological polar surface area (TPSA) is 16.1 Å². The third-order valence-electron chi connectivity index (χ3n) is 4.38. The second-order valence-corrected chi connectivity index (χ2v) is 7.47. The van der Waals surface area contributed by atoms with Gasteiger partial charge >= 0.3 is 0 Å². The number of thiazole rings is 1. The van der Waals surface area contributed by atoms with E-state index in [1.54, 1.807) is 17.5 Å². The molecule has 136 valence electrons. The summed E-state index contributed by atoms with van der Waals surface area (Å²) in [6, 6.07) is 9.72. The van der Waals surface area contributed by atoms with E-state index in [0.717, 1.165) is 21.7 Å². The Hall–Kier alpha value is -2.50. The number of hydrogen-bond donors (Lipinski definition) is 0. The third kappa shape index (κ3) is 3.80. The Balaban J connectivity index is 1.60. The molecule has 0 fully saturated rings. The van der Waals surface area contributed by atoms with Crippen LogP contribution in [0.1, 0.15) is 11.1 Å². The standard InChI is InChI=1S/C21H15ClF2N2S/c22-18-7-6-14(21-25-8-10-27-21)11-16(18)15-3-2-9-26(12-15)13-17-19(23)4-1-5-20(17)24/h1-11H,12-13H2. The lowest BCUT2D eigenvalue weighted by atomic mass is 10.0. The minimum Gasteiger partial charge on any atom is -0.369 e. The molecule has 0 atom stereocenters. The maximum Gasteiger partial charge on any atom is 0.131 e. The Bertz CT molecular complexity index is 1010. The summed E-state index contributed by atoms with van der Waals surface area (Å²) >= 11 is 7.99. The van der Waals surface area contributed by atoms with E-state index in [1.165, 1.54) is 18.2 Å². The minimum atomic E-state index is -0.539. The van der Waals surface area contributed by atoms with Crippen molar-refractivity contribution in [2.24, 2.45) is 0 Å². The van der Waals surface area contributed by atoms with Crippen LogP contribution in [0.15, 0.2) is 66.3 Å². The predicted octanol–water partition coefficient (Wildman–Crippen LogP) is 6.15. The van der Waals surface area contributed by atoms with Gasteiger partial charge in [-0.05, 0) is 47.7 Å². The Kier molecular flexibility index (Phi) is 5.05. The van der Waals surface area contributed by atoms with Crippen LogP contribution in [-0.4, -0.2) is 16.4 Å². The van der Waals surface area contributed by atoms with Gasteiger partial charge in [-0.1, -0.05) is 29.8 Å². The molecule has 1 aliphatic rings. The van der Waals surface area contributed by atoms with Crippen LogP contribution in [-0.2, 0) is 6.54 Å². The maximum absolute atomic E-state index is 14.0. The zero-order valence-electron chi connectivity index (χ0n) is 14.2. The van der Waals surface area contributed by atoms with E-state index in [4.69, 9.17) is 11.6 Å². The molecule has 1 aromatic heterocycles. The third-order valence-corrected chi connectivity index (χ3v) is 5.53. The molecule has 6 heteroatoms. The Morgan fingerprint density at radius 2 is 1.96 bits per heavy atom. The van der Waals surface area contributed by atoms with Crippen molar-refractivity contribution in [1.82, 2.24) is 9.88 Å². The highest BCUT2D eigenvalue weighted by Crippen LogP contribution is 2.32. The number of benzene rings is 2. The van der Waals surface area contributed by atoms with E-state index in [-0.39, 0.29) is 12.1 Å². The summed E-state index contributed by atoms with van der Waals surface area (Å²) in [7, 11) is 0. The Labute approximate surface area is 165 Å². The molecule has 0 aliphatic carbocycles. The second-order valence-electron chi connectivity index (χ2n) is 6.17. The highest BCUT2D eigenvalue weighted by molar-refractivity contribution is 7.13. The zero-order valence-corrected chi connectivity index (χ0v) is 15.8. The van der Waals surface area contributed by atoms with Crippen molar-refractivity contribution in [1.29, 1.82) is 0 Å². The molecule has 1 aliphatic heterocycles. The first-order valence-electron chi connectivity index (χ1n) is 8.36. The molecule has 3 aromatic rings. The van der Waals surface area contributed by atoms with E-state index in [2.05, 4.69) is 4.98 Å². The molecule has 2 nitrogen and oxygen atoms in total. The fourth-order valence-electron chi connectivity index (χ4n) is 3.05. The van der Waals surface area contributed by atoms with Crippen molar-refractivity contribution in [3.8, 4) is 10.6 Å². The van der Waals surface area contributed by atoms with Crippen LogP contribution in [0, 0.1) is 11.6 Å². The number of rotatable bonds is 4. The van der Waals surface area contributed by atoms with E-state index < -0.39 is 11.6 Å². The summed E-state index contributed by atoms with van der Waals surface area (Å²) in [5, 5.41) is 3.48. The molecule has 0 N–H and O–H groups in total. The first kappa shape index (κ1) is 17.9. The van der Waals surface area contributed by atoms with Crippen LogP contribution in [0.4, 0.5) is 8.78 Å². The molecule has 2 aromatic carbocycles. The van der Waals surface area contributed by atoms with Crippen molar-refractivity contribution in [3.05, 3.63) is 94.1 Å². The van der Waals surface area contributed by atoms with Gasteiger partial charge in [-0.3, -0.25) is 0 Å². The Morgan fingerprint density at radius 1 is 1.15 bits per heavy atom. The van der Waals surface area contributed by atoms with Crippen molar-refractivity contribution >= 4 is 28.5 Å². The lowest BCUT2D eigenvalue weighted by Crippen LogP contribution is -2.22. The van der Waals surface area contributed by atoms with Gasteiger partial charge in [0.05, 0.1) is 0 Å². The first-order chi connectivity index (χ1) is 13.1. The van der Waals surface area contributed by atoms with Gasteiger partial charge in [0.25, 0.3) is 0 Å². The van der Waals surface area contributed by atoms with Gasteiger partial charge in [0.1, 0.15) is 16.6 Å². The van der Waals surface area contributed by atoms with Crippen LogP contribution in [0.5, 0.6) is 0 Å². The van der Waals surface area contributed by atoms with Crippen molar-refractivity contribution in [2.75, 3.05) is 6.54 Å². The average molecular weight is 401 g/mol. The normalized spacial score (nSPS) is 13.7. The van der Waals surface area contributed by atoms with Crippen LogP contribution in [0.25, 0.3) is 16.1 Å². The van der Waals surface area contributed by atoms with Crippen LogP contribution in [0.2, 0.25) is 5.02 Å². The molecule has 27 heavy (non-hydrogen) atoms. The van der Waals surface area contributed by atoms with Gasteiger partial charge < -0.3 is 4.90 Å². The van der Waals surface area contributed by atoms with Crippen molar-refractivity contribution in [2.45, 2.75) is 6.54 Å². The van der Waals surface area contributed by atoms with Gasteiger partial charge in [0, 0.05) is 40.8 Å². The van der Waals surface area contributed by atoms with Crippen molar-refractivity contribution < 1.29 is 8.78 Å². The van der Waals surface area contributed by atoms with E-state index in [9.17, 15) is 8.78 Å². The smallest absolute Gasteiger partial charge is 0.131 e.